The Hall–Kier alpha value is -3.66. The van der Waals surface area contributed by atoms with Gasteiger partial charge in [-0.3, -0.25) is 0 Å². The van der Waals surface area contributed by atoms with Crippen LogP contribution >= 0.6 is 0 Å². The molecule has 1 N–H and O–H groups in total. The molecule has 0 unspecified atom stereocenters. The van der Waals surface area contributed by atoms with Crippen LogP contribution in [0.25, 0.3) is 22.3 Å². The first-order valence-corrected chi connectivity index (χ1v) is 10.2. The highest BCUT2D eigenvalue weighted by Gasteiger charge is 2.49. The molecule has 2 aliphatic heterocycles. The highest BCUT2D eigenvalue weighted by molar-refractivity contribution is 5.78. The third kappa shape index (κ3) is 3.23. The molecule has 8 nitrogen and oxygen atoms in total. The van der Waals surface area contributed by atoms with E-state index in [9.17, 15) is 8.78 Å². The summed E-state index contributed by atoms with van der Waals surface area (Å²) in [6.07, 6.45) is 4.81. The van der Waals surface area contributed by atoms with Crippen molar-refractivity contribution in [2.75, 3.05) is 36.5 Å². The molecule has 0 atom stereocenters. The van der Waals surface area contributed by atoms with Crippen molar-refractivity contribution in [3.8, 4) is 11.3 Å². The van der Waals surface area contributed by atoms with Crippen LogP contribution in [0.15, 0.2) is 55.0 Å². The number of anilines is 3. The minimum Gasteiger partial charge on any atom is -0.380 e. The largest absolute Gasteiger partial charge is 0.380 e. The van der Waals surface area contributed by atoms with Crippen molar-refractivity contribution in [2.24, 2.45) is 5.41 Å². The van der Waals surface area contributed by atoms with Gasteiger partial charge in [0, 0.05) is 42.8 Å². The van der Waals surface area contributed by atoms with Crippen molar-refractivity contribution in [3.63, 3.8) is 0 Å². The normalized spacial score (nSPS) is 16.9. The first-order valence-electron chi connectivity index (χ1n) is 10.2. The maximum atomic E-state index is 13.0. The predicted molar refractivity (Wildman–Crippen MR) is 115 cm³/mol. The van der Waals surface area contributed by atoms with Crippen LogP contribution < -0.4 is 10.2 Å². The Morgan fingerprint density at radius 3 is 2.66 bits per heavy atom. The Bertz CT molecular complexity index is 1300. The van der Waals surface area contributed by atoms with Gasteiger partial charge in [-0.1, -0.05) is 0 Å². The van der Waals surface area contributed by atoms with Gasteiger partial charge in [-0.2, -0.15) is 13.9 Å². The van der Waals surface area contributed by atoms with Gasteiger partial charge in [0.2, 0.25) is 0 Å². The number of rotatable bonds is 5. The molecule has 0 aliphatic carbocycles. The molecule has 2 saturated heterocycles. The monoisotopic (exact) mass is 435 g/mol. The van der Waals surface area contributed by atoms with Crippen molar-refractivity contribution in [2.45, 2.75) is 6.55 Å². The van der Waals surface area contributed by atoms with Gasteiger partial charge in [0.25, 0.3) is 0 Å². The Labute approximate surface area is 181 Å². The van der Waals surface area contributed by atoms with E-state index in [-0.39, 0.29) is 0 Å². The molecule has 0 amide bonds. The van der Waals surface area contributed by atoms with E-state index in [0.29, 0.717) is 32.6 Å². The van der Waals surface area contributed by atoms with Crippen molar-refractivity contribution in [1.29, 1.82) is 0 Å². The fourth-order valence-electron chi connectivity index (χ4n) is 4.23. The molecule has 0 aromatic carbocycles. The van der Waals surface area contributed by atoms with Crippen molar-refractivity contribution < 1.29 is 13.5 Å². The lowest BCUT2D eigenvalue weighted by atomic mass is 9.78. The summed E-state index contributed by atoms with van der Waals surface area (Å²) in [5.41, 5.74) is 3.38. The topological polar surface area (TPSA) is 81.0 Å². The van der Waals surface area contributed by atoms with E-state index in [4.69, 9.17) is 4.74 Å². The van der Waals surface area contributed by atoms with Crippen LogP contribution in [0.5, 0.6) is 0 Å². The third-order valence-corrected chi connectivity index (χ3v) is 5.91. The van der Waals surface area contributed by atoms with E-state index < -0.39 is 6.55 Å². The molecule has 6 rings (SSSR count). The van der Waals surface area contributed by atoms with Crippen LogP contribution in [-0.2, 0) is 4.74 Å². The Balaban J connectivity index is 1.22. The lowest BCUT2D eigenvalue weighted by Gasteiger charge is -2.55. The molecule has 10 heteroatoms. The molecule has 2 fully saturated rings. The number of halogens is 2. The van der Waals surface area contributed by atoms with E-state index in [0.717, 1.165) is 43.4 Å². The minimum atomic E-state index is -2.70. The first-order chi connectivity index (χ1) is 15.6. The molecule has 2 aliphatic rings. The van der Waals surface area contributed by atoms with Crippen LogP contribution in [-0.4, -0.2) is 51.0 Å². The summed E-state index contributed by atoms with van der Waals surface area (Å²) in [5.74, 6) is 1.57. The molecular formula is C22H19F2N7O. The van der Waals surface area contributed by atoms with Gasteiger partial charge in [0.15, 0.2) is 0 Å². The number of ether oxygens (including phenoxy) is 1. The van der Waals surface area contributed by atoms with E-state index in [1.54, 1.807) is 24.5 Å². The summed E-state index contributed by atoms with van der Waals surface area (Å²) in [6, 6.07) is 10.9. The van der Waals surface area contributed by atoms with Crippen LogP contribution in [0.4, 0.5) is 26.1 Å². The van der Waals surface area contributed by atoms with Gasteiger partial charge in [-0.25, -0.2) is 19.6 Å². The lowest BCUT2D eigenvalue weighted by molar-refractivity contribution is -0.127. The van der Waals surface area contributed by atoms with Gasteiger partial charge in [0.1, 0.15) is 17.2 Å². The van der Waals surface area contributed by atoms with Crippen LogP contribution in [0, 0.1) is 5.41 Å². The molecule has 4 aromatic heterocycles. The number of hydrogen-bond donors (Lipinski definition) is 1. The number of fused-ring (bicyclic) bond motifs is 1. The molecular weight excluding hydrogens is 416 g/mol. The van der Waals surface area contributed by atoms with Gasteiger partial charge in [0.05, 0.1) is 36.0 Å². The highest BCUT2D eigenvalue weighted by Crippen LogP contribution is 2.40. The van der Waals surface area contributed by atoms with Crippen molar-refractivity contribution >= 4 is 28.4 Å². The third-order valence-electron chi connectivity index (χ3n) is 5.91. The van der Waals surface area contributed by atoms with E-state index in [2.05, 4.69) is 30.3 Å². The van der Waals surface area contributed by atoms with Crippen LogP contribution in [0.1, 0.15) is 6.55 Å². The summed E-state index contributed by atoms with van der Waals surface area (Å²) in [5, 5.41) is 7.03. The molecule has 0 radical (unpaired) electrons. The number of aromatic nitrogens is 5. The summed E-state index contributed by atoms with van der Waals surface area (Å²) in [7, 11) is 0. The first kappa shape index (κ1) is 19.1. The summed E-state index contributed by atoms with van der Waals surface area (Å²) in [6.45, 7) is 0.897. The summed E-state index contributed by atoms with van der Waals surface area (Å²) >= 11 is 0. The Kier molecular flexibility index (Phi) is 4.29. The molecule has 6 heterocycles. The van der Waals surface area contributed by atoms with Crippen molar-refractivity contribution in [1.82, 2.24) is 24.7 Å². The fraction of sp³-hybridized carbons (Fsp3) is 0.273. The molecule has 0 saturated carbocycles. The van der Waals surface area contributed by atoms with Gasteiger partial charge >= 0.3 is 6.55 Å². The van der Waals surface area contributed by atoms with Gasteiger partial charge in [-0.05, 0) is 30.3 Å². The summed E-state index contributed by atoms with van der Waals surface area (Å²) in [4.78, 5) is 15.6. The quantitative estimate of drug-likeness (QED) is 0.510. The number of pyridine rings is 3. The minimum absolute atomic E-state index is 0.293. The molecule has 1 spiro atoms. The Morgan fingerprint density at radius 2 is 1.88 bits per heavy atom. The molecule has 32 heavy (non-hydrogen) atoms. The van der Waals surface area contributed by atoms with Gasteiger partial charge in [-0.15, -0.1) is 0 Å². The molecule has 4 aromatic rings. The number of hydrogen-bond acceptors (Lipinski definition) is 7. The zero-order valence-corrected chi connectivity index (χ0v) is 16.9. The smallest absolute Gasteiger partial charge is 0.333 e. The predicted octanol–water partition coefficient (Wildman–Crippen LogP) is 3.86. The second-order valence-corrected chi connectivity index (χ2v) is 8.27. The second-order valence-electron chi connectivity index (χ2n) is 8.27. The SMILES string of the molecule is FC(F)n1ncc2nc(-c3ccnc(Nc4ccnc(N5CC6(COC6)C5)c4)c3)ccc21. The Morgan fingerprint density at radius 1 is 1.03 bits per heavy atom. The second kappa shape index (κ2) is 7.20. The van der Waals surface area contributed by atoms with E-state index in [1.165, 1.54) is 6.20 Å². The standard InChI is InChI=1S/C22H19F2N7O/c23-21(24)31-18-2-1-16(29-17(18)9-27-31)14-3-5-25-19(7-14)28-15-4-6-26-20(8-15)30-10-22(11-30)12-32-13-22/h1-9,21H,10-13H2,(H,25,26,28). The molecule has 162 valence electrons. The number of alkyl halides is 2. The zero-order valence-electron chi connectivity index (χ0n) is 16.9. The molecule has 0 bridgehead atoms. The number of nitrogens with zero attached hydrogens (tertiary/aromatic N) is 6. The van der Waals surface area contributed by atoms with Gasteiger partial charge < -0.3 is 15.0 Å². The van der Waals surface area contributed by atoms with Crippen LogP contribution in [0.2, 0.25) is 0 Å². The maximum absolute atomic E-state index is 13.0. The van der Waals surface area contributed by atoms with Crippen molar-refractivity contribution in [3.05, 3.63) is 55.0 Å². The lowest BCUT2D eigenvalue weighted by Crippen LogP contribution is -2.66. The van der Waals surface area contributed by atoms with E-state index >= 15 is 0 Å². The maximum Gasteiger partial charge on any atom is 0.333 e. The van der Waals surface area contributed by atoms with E-state index in [1.807, 2.05) is 24.3 Å². The fourth-order valence-corrected chi connectivity index (χ4v) is 4.23. The number of nitrogens with one attached hydrogen (secondary N) is 1. The average molecular weight is 435 g/mol. The highest BCUT2D eigenvalue weighted by atomic mass is 19.3. The zero-order chi connectivity index (χ0) is 21.7. The summed E-state index contributed by atoms with van der Waals surface area (Å²) < 4.78 is 32.0. The van der Waals surface area contributed by atoms with Crippen LogP contribution in [0.3, 0.4) is 0 Å². The average Bonchev–Trinajstić information content (AvgIpc) is 3.16.